The van der Waals surface area contributed by atoms with E-state index in [2.05, 4.69) is 15.7 Å². The minimum Gasteiger partial charge on any atom is -0.493 e. The Balaban J connectivity index is 0.00000235. The molecule has 5 rings (SSSR count). The molecule has 1 aliphatic rings. The molecule has 0 radical (unpaired) electrons. The molecule has 0 saturated carbocycles. The lowest BCUT2D eigenvalue weighted by Crippen LogP contribution is -2.18. The molecule has 0 aliphatic carbocycles. The first-order valence-electron chi connectivity index (χ1n) is 15.6. The lowest BCUT2D eigenvalue weighted by atomic mass is 10.1. The Morgan fingerprint density at radius 2 is 1.59 bits per heavy atom. The number of nitrogens with zero attached hydrogens (tertiary/aromatic N) is 2. The van der Waals surface area contributed by atoms with E-state index in [0.29, 0.717) is 71.4 Å². The smallest absolute Gasteiger partial charge is 0.251 e. The maximum absolute atomic E-state index is 13.7. The van der Waals surface area contributed by atoms with Gasteiger partial charge < -0.3 is 29.6 Å². The molecule has 244 valence electrons. The van der Waals surface area contributed by atoms with Crippen molar-refractivity contribution in [3.05, 3.63) is 65.7 Å². The van der Waals surface area contributed by atoms with Gasteiger partial charge >= 0.3 is 0 Å². The molecule has 46 heavy (non-hydrogen) atoms. The van der Waals surface area contributed by atoms with Crippen molar-refractivity contribution >= 4 is 40.1 Å². The van der Waals surface area contributed by atoms with E-state index in [-0.39, 0.29) is 42.3 Å². The van der Waals surface area contributed by atoms with Crippen molar-refractivity contribution in [2.75, 3.05) is 37.6 Å². The number of carbonyl (C=O) groups is 3. The first-order chi connectivity index (χ1) is 22.2. The Kier molecular flexibility index (Phi) is 11.6. The maximum Gasteiger partial charge on any atom is 0.251 e. The summed E-state index contributed by atoms with van der Waals surface area (Å²) in [4.78, 5) is 39.3. The van der Waals surface area contributed by atoms with Crippen LogP contribution < -0.4 is 29.6 Å². The average Bonchev–Trinajstić information content (AvgIpc) is 3.39. The maximum atomic E-state index is 13.7. The fourth-order valence-corrected chi connectivity index (χ4v) is 4.97. The zero-order valence-corrected chi connectivity index (χ0v) is 27.3. The minimum absolute atomic E-state index is 0.00929. The number of hydrogen-bond donors (Lipinski definition) is 2. The Hall–Kier alpha value is -5.06. The summed E-state index contributed by atoms with van der Waals surface area (Å²) in [6.45, 7) is 11.2. The van der Waals surface area contributed by atoms with Crippen LogP contribution in [0.3, 0.4) is 0 Å². The topological polar surface area (TPSA) is 130 Å². The van der Waals surface area contributed by atoms with E-state index in [4.69, 9.17) is 18.9 Å². The molecule has 1 aliphatic heterocycles. The number of nitrogens with one attached hydrogen (secondary N) is 2. The van der Waals surface area contributed by atoms with Gasteiger partial charge in [0.1, 0.15) is 13.2 Å². The second-order valence-corrected chi connectivity index (χ2v) is 10.8. The number of methoxy groups -OCH3 is 1. The molecular formula is C35H42N4O7. The van der Waals surface area contributed by atoms with E-state index >= 15 is 0 Å². The fourth-order valence-electron chi connectivity index (χ4n) is 4.97. The van der Waals surface area contributed by atoms with Gasteiger partial charge in [0.15, 0.2) is 28.8 Å². The molecule has 4 aromatic rings. The van der Waals surface area contributed by atoms with Gasteiger partial charge in [-0.2, -0.15) is 4.68 Å². The van der Waals surface area contributed by atoms with Crippen LogP contribution in [0, 0.1) is 5.92 Å². The van der Waals surface area contributed by atoms with Gasteiger partial charge in [0.2, 0.25) is 11.8 Å². The predicted molar refractivity (Wildman–Crippen MR) is 177 cm³/mol. The molecule has 0 bridgehead atoms. The summed E-state index contributed by atoms with van der Waals surface area (Å²) < 4.78 is 23.5. The van der Waals surface area contributed by atoms with Gasteiger partial charge in [0, 0.05) is 17.5 Å². The van der Waals surface area contributed by atoms with Crippen LogP contribution in [-0.4, -0.2) is 54.4 Å². The van der Waals surface area contributed by atoms with Gasteiger partial charge in [0.25, 0.3) is 5.91 Å². The van der Waals surface area contributed by atoms with Crippen LogP contribution in [-0.2, 0) is 22.4 Å². The van der Waals surface area contributed by atoms with E-state index in [1.807, 2.05) is 40.7 Å². The number of aromatic nitrogens is 2. The molecule has 0 fully saturated rings. The van der Waals surface area contributed by atoms with Crippen molar-refractivity contribution in [3.63, 3.8) is 0 Å². The van der Waals surface area contributed by atoms with E-state index < -0.39 is 0 Å². The Morgan fingerprint density at radius 3 is 2.30 bits per heavy atom. The standard InChI is InChI=1S/C33H36N4O7.C2H6/c1-5-42-28-16-22(6-10-26(28)41-4)18-32(40)37-25-19-23(34-30(38)14-20(2)3)8-9-24(25)33(36-37)35-31(39)17-21-7-11-27-29(15-21)44-13-12-43-27;1-2/h6-11,15-16,19-20H,5,12-14,17-18H2,1-4H3,(H,34,38)(H,35,36,39);1-2H3. The number of hydrogen-bond acceptors (Lipinski definition) is 8. The van der Waals surface area contributed by atoms with Crippen LogP contribution in [0.2, 0.25) is 0 Å². The van der Waals surface area contributed by atoms with Crippen molar-refractivity contribution in [3.8, 4) is 23.0 Å². The second kappa shape index (κ2) is 15.8. The largest absolute Gasteiger partial charge is 0.493 e. The summed E-state index contributed by atoms with van der Waals surface area (Å²) in [7, 11) is 1.56. The Labute approximate surface area is 269 Å². The molecule has 0 spiro atoms. The van der Waals surface area contributed by atoms with Gasteiger partial charge in [-0.3, -0.25) is 14.4 Å². The molecule has 11 heteroatoms. The van der Waals surface area contributed by atoms with Crippen molar-refractivity contribution in [1.29, 1.82) is 0 Å². The van der Waals surface area contributed by atoms with Crippen LogP contribution in [0.1, 0.15) is 57.0 Å². The summed E-state index contributed by atoms with van der Waals surface area (Å²) in [6.07, 6.45) is 0.431. The summed E-state index contributed by atoms with van der Waals surface area (Å²) in [5.74, 6) is 1.99. The van der Waals surface area contributed by atoms with Crippen LogP contribution in [0.5, 0.6) is 23.0 Å². The molecule has 3 aromatic carbocycles. The molecular weight excluding hydrogens is 588 g/mol. The Bertz CT molecular complexity index is 1700. The Morgan fingerprint density at radius 1 is 0.870 bits per heavy atom. The lowest BCUT2D eigenvalue weighted by Gasteiger charge is -2.18. The summed E-state index contributed by atoms with van der Waals surface area (Å²) >= 11 is 0. The first kappa shape index (κ1) is 33.8. The highest BCUT2D eigenvalue weighted by Gasteiger charge is 2.20. The summed E-state index contributed by atoms with van der Waals surface area (Å²) in [5, 5.41) is 10.8. The van der Waals surface area contributed by atoms with Crippen molar-refractivity contribution in [1.82, 2.24) is 9.78 Å². The molecule has 2 amide bonds. The number of ether oxygens (including phenoxy) is 4. The zero-order chi connectivity index (χ0) is 33.2. The van der Waals surface area contributed by atoms with Crippen LogP contribution >= 0.6 is 0 Å². The number of benzene rings is 3. The van der Waals surface area contributed by atoms with E-state index in [0.717, 1.165) is 5.56 Å². The monoisotopic (exact) mass is 630 g/mol. The normalized spacial score (nSPS) is 11.8. The predicted octanol–water partition coefficient (Wildman–Crippen LogP) is 6.29. The number of anilines is 2. The third kappa shape index (κ3) is 8.35. The van der Waals surface area contributed by atoms with Crippen molar-refractivity contribution < 1.29 is 33.3 Å². The van der Waals surface area contributed by atoms with Gasteiger partial charge in [-0.05, 0) is 66.4 Å². The van der Waals surface area contributed by atoms with E-state index in [9.17, 15) is 14.4 Å². The fraction of sp³-hybridized carbons (Fsp3) is 0.371. The van der Waals surface area contributed by atoms with Gasteiger partial charge in [-0.1, -0.05) is 39.8 Å². The second-order valence-electron chi connectivity index (χ2n) is 10.8. The third-order valence-electron chi connectivity index (χ3n) is 6.91. The van der Waals surface area contributed by atoms with Gasteiger partial charge in [-0.25, -0.2) is 0 Å². The molecule has 0 saturated heterocycles. The third-order valence-corrected chi connectivity index (χ3v) is 6.91. The van der Waals surface area contributed by atoms with Crippen molar-refractivity contribution in [2.24, 2.45) is 5.92 Å². The molecule has 0 unspecified atom stereocenters. The number of rotatable bonds is 11. The summed E-state index contributed by atoms with van der Waals surface area (Å²) in [6, 6.07) is 15.8. The minimum atomic E-state index is -0.333. The average molecular weight is 631 g/mol. The van der Waals surface area contributed by atoms with Crippen LogP contribution in [0.25, 0.3) is 10.9 Å². The lowest BCUT2D eigenvalue weighted by molar-refractivity contribution is -0.117. The van der Waals surface area contributed by atoms with Gasteiger partial charge in [0.05, 0.1) is 32.1 Å². The SMILES string of the molecule is CC.CCOc1cc(CC(=O)n2nc(NC(=O)Cc3ccc4c(c3)OCCO4)c3ccc(NC(=O)CC(C)C)cc32)ccc1OC. The number of fused-ring (bicyclic) bond motifs is 2. The molecule has 2 N–H and O–H groups in total. The number of amides is 2. The van der Waals surface area contributed by atoms with Crippen LogP contribution in [0.4, 0.5) is 11.5 Å². The number of carbonyl (C=O) groups excluding carboxylic acids is 3. The molecule has 11 nitrogen and oxygen atoms in total. The van der Waals surface area contributed by atoms with Crippen molar-refractivity contribution in [2.45, 2.75) is 53.9 Å². The molecule has 0 atom stereocenters. The molecule has 1 aromatic heterocycles. The highest BCUT2D eigenvalue weighted by atomic mass is 16.6. The molecule has 2 heterocycles. The quantitative estimate of drug-likeness (QED) is 0.198. The van der Waals surface area contributed by atoms with E-state index in [1.165, 1.54) is 4.68 Å². The van der Waals surface area contributed by atoms with E-state index in [1.54, 1.807) is 55.6 Å². The highest BCUT2D eigenvalue weighted by molar-refractivity contribution is 6.05. The first-order valence-corrected chi connectivity index (χ1v) is 15.6. The zero-order valence-electron chi connectivity index (χ0n) is 27.3. The summed E-state index contributed by atoms with van der Waals surface area (Å²) in [5.41, 5.74) is 2.42. The van der Waals surface area contributed by atoms with Gasteiger partial charge in [-0.15, -0.1) is 5.10 Å². The van der Waals surface area contributed by atoms with Crippen LogP contribution in [0.15, 0.2) is 54.6 Å². The highest BCUT2D eigenvalue weighted by Crippen LogP contribution is 2.32.